The predicted octanol–water partition coefficient (Wildman–Crippen LogP) is 0.994. The Morgan fingerprint density at radius 3 is 2.29 bits per heavy atom. The Bertz CT molecular complexity index is 285. The maximum absolute atomic E-state index is 10.9. The largest absolute Gasteiger partial charge is 0.480 e. The van der Waals surface area contributed by atoms with Crippen LogP contribution in [0.4, 0.5) is 4.79 Å². The fourth-order valence-electron chi connectivity index (χ4n) is 2.22. The van der Waals surface area contributed by atoms with Gasteiger partial charge in [-0.25, -0.2) is 9.59 Å². The molecule has 1 spiro atoms. The summed E-state index contributed by atoms with van der Waals surface area (Å²) in [6.07, 6.45) is 2.32. The van der Waals surface area contributed by atoms with E-state index in [1.54, 1.807) is 0 Å². The van der Waals surface area contributed by atoms with Crippen molar-refractivity contribution in [2.24, 2.45) is 5.41 Å². The van der Waals surface area contributed by atoms with Gasteiger partial charge >= 0.3 is 12.1 Å². The summed E-state index contributed by atoms with van der Waals surface area (Å²) in [4.78, 5) is 22.7. The Balaban J connectivity index is 2.12. The second-order valence-corrected chi connectivity index (χ2v) is 4.28. The number of hydrogen-bond donors (Lipinski definition) is 2. The molecule has 1 unspecified atom stereocenters. The summed E-state index contributed by atoms with van der Waals surface area (Å²) >= 11 is 0. The second-order valence-electron chi connectivity index (χ2n) is 4.28. The molecule has 1 amide bonds. The summed E-state index contributed by atoms with van der Waals surface area (Å²) in [5.74, 6) is -1.02. The molecule has 5 nitrogen and oxygen atoms in total. The quantitative estimate of drug-likeness (QED) is 0.660. The number of piperidine rings is 1. The summed E-state index contributed by atoms with van der Waals surface area (Å²) in [5.41, 5.74) is 0.162. The van der Waals surface area contributed by atoms with Gasteiger partial charge in [-0.2, -0.15) is 0 Å². The summed E-state index contributed by atoms with van der Waals surface area (Å²) in [6, 6.07) is -0.830. The molecule has 5 heteroatoms. The molecule has 0 bridgehead atoms. The molecule has 1 aliphatic heterocycles. The summed E-state index contributed by atoms with van der Waals surface area (Å²) in [5, 5.41) is 17.7. The van der Waals surface area contributed by atoms with Crippen molar-refractivity contribution in [3.8, 4) is 0 Å². The average Bonchev–Trinajstić information content (AvgIpc) is 2.84. The van der Waals surface area contributed by atoms with E-state index in [0.717, 1.165) is 24.2 Å². The van der Waals surface area contributed by atoms with Crippen LogP contribution in [-0.4, -0.2) is 39.8 Å². The molecule has 1 heterocycles. The smallest absolute Gasteiger partial charge is 0.408 e. The number of aliphatic carboxylic acids is 1. The van der Waals surface area contributed by atoms with E-state index in [-0.39, 0.29) is 5.41 Å². The average molecular weight is 199 g/mol. The minimum Gasteiger partial charge on any atom is -0.480 e. The Morgan fingerprint density at radius 2 is 1.86 bits per heavy atom. The van der Waals surface area contributed by atoms with Gasteiger partial charge in [-0.3, -0.25) is 4.90 Å². The SMILES string of the molecule is O=C(O)C1CC2(CCN1C(=O)O)CC2. The molecule has 2 rings (SSSR count). The number of nitrogens with zero attached hydrogens (tertiary/aromatic N) is 1. The molecule has 1 saturated heterocycles. The van der Waals surface area contributed by atoms with Crippen molar-refractivity contribution in [1.29, 1.82) is 0 Å². The zero-order chi connectivity index (χ0) is 10.3. The van der Waals surface area contributed by atoms with Crippen LogP contribution in [0.1, 0.15) is 25.7 Å². The first-order chi connectivity index (χ1) is 6.54. The van der Waals surface area contributed by atoms with Crippen LogP contribution >= 0.6 is 0 Å². The van der Waals surface area contributed by atoms with Crippen LogP contribution < -0.4 is 0 Å². The molecule has 0 aromatic heterocycles. The van der Waals surface area contributed by atoms with Gasteiger partial charge in [-0.15, -0.1) is 0 Å². The normalized spacial score (nSPS) is 28.9. The highest BCUT2D eigenvalue weighted by Gasteiger charge is 2.51. The van der Waals surface area contributed by atoms with Gasteiger partial charge in [0, 0.05) is 6.54 Å². The van der Waals surface area contributed by atoms with Crippen molar-refractivity contribution >= 4 is 12.1 Å². The van der Waals surface area contributed by atoms with Gasteiger partial charge in [-0.05, 0) is 31.1 Å². The molecule has 1 saturated carbocycles. The molecule has 1 aliphatic carbocycles. The van der Waals surface area contributed by atoms with Crippen LogP contribution in [-0.2, 0) is 4.79 Å². The molecule has 78 valence electrons. The molecule has 2 fully saturated rings. The molecule has 14 heavy (non-hydrogen) atoms. The number of likely N-dealkylation sites (tertiary alicyclic amines) is 1. The van der Waals surface area contributed by atoms with E-state index < -0.39 is 18.1 Å². The summed E-state index contributed by atoms with van der Waals surface area (Å²) in [6.45, 7) is 0.367. The zero-order valence-electron chi connectivity index (χ0n) is 7.77. The molecule has 2 aliphatic rings. The highest BCUT2D eigenvalue weighted by molar-refractivity contribution is 5.79. The van der Waals surface area contributed by atoms with Crippen molar-refractivity contribution in [2.45, 2.75) is 31.7 Å². The lowest BCUT2D eigenvalue weighted by Crippen LogP contribution is -2.50. The maximum Gasteiger partial charge on any atom is 0.408 e. The molecular formula is C9H13NO4. The molecule has 1 atom stereocenters. The van der Waals surface area contributed by atoms with E-state index in [2.05, 4.69) is 0 Å². The first kappa shape index (κ1) is 9.30. The number of rotatable bonds is 1. The van der Waals surface area contributed by atoms with Crippen LogP contribution in [0.25, 0.3) is 0 Å². The Kier molecular flexibility index (Phi) is 1.90. The zero-order valence-corrected chi connectivity index (χ0v) is 7.77. The molecular weight excluding hydrogens is 186 g/mol. The van der Waals surface area contributed by atoms with Crippen LogP contribution in [0.15, 0.2) is 0 Å². The first-order valence-corrected chi connectivity index (χ1v) is 4.76. The highest BCUT2D eigenvalue weighted by atomic mass is 16.4. The number of carbonyl (C=O) groups is 2. The van der Waals surface area contributed by atoms with E-state index in [1.807, 2.05) is 0 Å². The van der Waals surface area contributed by atoms with Crippen LogP contribution in [0, 0.1) is 5.41 Å². The van der Waals surface area contributed by atoms with Crippen molar-refractivity contribution in [3.05, 3.63) is 0 Å². The fraction of sp³-hybridized carbons (Fsp3) is 0.778. The number of hydrogen-bond acceptors (Lipinski definition) is 2. The Labute approximate surface area is 81.3 Å². The third-order valence-corrected chi connectivity index (χ3v) is 3.37. The molecule has 0 aromatic carbocycles. The second kappa shape index (κ2) is 2.87. The fourth-order valence-corrected chi connectivity index (χ4v) is 2.22. The Hall–Kier alpha value is -1.26. The van der Waals surface area contributed by atoms with E-state index in [1.165, 1.54) is 0 Å². The standard InChI is InChI=1S/C9H13NO4/c11-7(12)6-5-9(1-2-9)3-4-10(6)8(13)14/h6H,1-5H2,(H,11,12)(H,13,14). The summed E-state index contributed by atoms with van der Waals surface area (Å²) < 4.78 is 0. The Morgan fingerprint density at radius 1 is 1.21 bits per heavy atom. The number of carboxylic acids is 1. The van der Waals surface area contributed by atoms with Crippen LogP contribution in [0.2, 0.25) is 0 Å². The maximum atomic E-state index is 10.9. The first-order valence-electron chi connectivity index (χ1n) is 4.76. The van der Waals surface area contributed by atoms with Crippen molar-refractivity contribution in [2.75, 3.05) is 6.54 Å². The van der Waals surface area contributed by atoms with Gasteiger partial charge in [0.1, 0.15) is 6.04 Å². The number of carboxylic acid groups (broad SMARTS) is 2. The summed E-state index contributed by atoms with van der Waals surface area (Å²) in [7, 11) is 0. The molecule has 0 radical (unpaired) electrons. The third kappa shape index (κ3) is 1.42. The van der Waals surface area contributed by atoms with Gasteiger partial charge < -0.3 is 10.2 Å². The van der Waals surface area contributed by atoms with Gasteiger partial charge in [-0.1, -0.05) is 0 Å². The predicted molar refractivity (Wildman–Crippen MR) is 47.1 cm³/mol. The van der Waals surface area contributed by atoms with Gasteiger partial charge in [0.05, 0.1) is 0 Å². The van der Waals surface area contributed by atoms with Gasteiger partial charge in [0.2, 0.25) is 0 Å². The molecule has 0 aromatic rings. The van der Waals surface area contributed by atoms with Crippen molar-refractivity contribution in [3.63, 3.8) is 0 Å². The van der Waals surface area contributed by atoms with E-state index in [9.17, 15) is 9.59 Å². The minimum atomic E-state index is -1.12. The topological polar surface area (TPSA) is 77.8 Å². The lowest BCUT2D eigenvalue weighted by atomic mass is 9.88. The number of amides is 1. The molecule has 2 N–H and O–H groups in total. The van der Waals surface area contributed by atoms with Crippen molar-refractivity contribution < 1.29 is 19.8 Å². The lowest BCUT2D eigenvalue weighted by molar-refractivity contribution is -0.144. The lowest BCUT2D eigenvalue weighted by Gasteiger charge is -2.35. The van der Waals surface area contributed by atoms with Crippen LogP contribution in [0.3, 0.4) is 0 Å². The third-order valence-electron chi connectivity index (χ3n) is 3.37. The van der Waals surface area contributed by atoms with Crippen molar-refractivity contribution in [1.82, 2.24) is 4.90 Å². The van der Waals surface area contributed by atoms with E-state index in [0.29, 0.717) is 13.0 Å². The minimum absolute atomic E-state index is 0.162. The highest BCUT2D eigenvalue weighted by Crippen LogP contribution is 2.55. The monoisotopic (exact) mass is 199 g/mol. The van der Waals surface area contributed by atoms with E-state index in [4.69, 9.17) is 10.2 Å². The van der Waals surface area contributed by atoms with Gasteiger partial charge in [0.25, 0.3) is 0 Å². The van der Waals surface area contributed by atoms with E-state index >= 15 is 0 Å². The van der Waals surface area contributed by atoms with Crippen LogP contribution in [0.5, 0.6) is 0 Å². The van der Waals surface area contributed by atoms with Gasteiger partial charge in [0.15, 0.2) is 0 Å².